The van der Waals surface area contributed by atoms with Crippen LogP contribution in [-0.2, 0) is 0 Å². The Kier molecular flexibility index (Phi) is 5.14. The number of pyridine rings is 1. The van der Waals surface area contributed by atoms with Crippen LogP contribution in [0.4, 0.5) is 11.4 Å². The molecule has 3 rings (SSSR count). The van der Waals surface area contributed by atoms with Crippen molar-refractivity contribution < 1.29 is 4.79 Å². The van der Waals surface area contributed by atoms with Crippen LogP contribution in [0.3, 0.4) is 0 Å². The highest BCUT2D eigenvalue weighted by atomic mass is 16.2. The zero-order valence-electron chi connectivity index (χ0n) is 14.5. The molecule has 4 nitrogen and oxygen atoms in total. The first-order valence-corrected chi connectivity index (χ1v) is 8.73. The molecule has 4 heteroatoms. The molecule has 2 aromatic rings. The summed E-state index contributed by atoms with van der Waals surface area (Å²) in [5.74, 6) is 0.0423. The molecule has 1 aliphatic rings. The van der Waals surface area contributed by atoms with E-state index in [0.29, 0.717) is 5.69 Å². The summed E-state index contributed by atoms with van der Waals surface area (Å²) in [6, 6.07) is 10.0. The number of hydrogen-bond acceptors (Lipinski definition) is 3. The average molecular weight is 323 g/mol. The average Bonchev–Trinajstić information content (AvgIpc) is 2.87. The second-order valence-corrected chi connectivity index (χ2v) is 6.56. The fraction of sp³-hybridized carbons (Fsp3) is 0.400. The first-order valence-electron chi connectivity index (χ1n) is 8.73. The van der Waals surface area contributed by atoms with Gasteiger partial charge in [0, 0.05) is 30.7 Å². The standard InChI is InChI=1S/C20H25N3O/c1-15-7-8-17(13-16(15)2)22-18-9-10-21-19(14-18)20(24)23-11-5-3-4-6-12-23/h7-10,13-14H,3-6,11-12H2,1-2H3,(H,21,22). The monoisotopic (exact) mass is 323 g/mol. The van der Waals surface area contributed by atoms with Crippen LogP contribution in [0.25, 0.3) is 0 Å². The molecular formula is C20H25N3O. The second kappa shape index (κ2) is 7.47. The fourth-order valence-electron chi connectivity index (χ4n) is 3.05. The Morgan fingerprint density at radius 3 is 2.38 bits per heavy atom. The summed E-state index contributed by atoms with van der Waals surface area (Å²) in [5.41, 5.74) is 4.96. The van der Waals surface area contributed by atoms with Crippen molar-refractivity contribution in [3.05, 3.63) is 53.3 Å². The Hall–Kier alpha value is -2.36. The molecule has 1 saturated heterocycles. The molecule has 0 bridgehead atoms. The highest BCUT2D eigenvalue weighted by Gasteiger charge is 2.18. The number of carbonyl (C=O) groups is 1. The number of amides is 1. The van der Waals surface area contributed by atoms with Crippen molar-refractivity contribution in [1.82, 2.24) is 9.88 Å². The maximum atomic E-state index is 12.7. The van der Waals surface area contributed by atoms with E-state index in [9.17, 15) is 4.79 Å². The summed E-state index contributed by atoms with van der Waals surface area (Å²) in [5, 5.41) is 3.37. The summed E-state index contributed by atoms with van der Waals surface area (Å²) < 4.78 is 0. The number of anilines is 2. The van der Waals surface area contributed by atoms with Gasteiger partial charge in [0.2, 0.25) is 0 Å². The Morgan fingerprint density at radius 2 is 1.67 bits per heavy atom. The fourth-order valence-corrected chi connectivity index (χ4v) is 3.05. The molecule has 0 spiro atoms. The largest absolute Gasteiger partial charge is 0.355 e. The molecule has 1 aromatic carbocycles. The van der Waals surface area contributed by atoms with Crippen molar-refractivity contribution in [3.8, 4) is 0 Å². The van der Waals surface area contributed by atoms with Crippen molar-refractivity contribution in [3.63, 3.8) is 0 Å². The van der Waals surface area contributed by atoms with E-state index in [-0.39, 0.29) is 5.91 Å². The van der Waals surface area contributed by atoms with Crippen LogP contribution >= 0.6 is 0 Å². The molecule has 126 valence electrons. The van der Waals surface area contributed by atoms with Gasteiger partial charge in [-0.05, 0) is 62.1 Å². The summed E-state index contributed by atoms with van der Waals surface area (Å²) in [7, 11) is 0. The van der Waals surface area contributed by atoms with Crippen LogP contribution in [-0.4, -0.2) is 28.9 Å². The Labute approximate surface area is 143 Å². The molecule has 1 fully saturated rings. The Morgan fingerprint density at radius 1 is 0.958 bits per heavy atom. The first-order chi connectivity index (χ1) is 11.6. The van der Waals surface area contributed by atoms with Gasteiger partial charge in [0.05, 0.1) is 0 Å². The highest BCUT2D eigenvalue weighted by molar-refractivity contribution is 5.93. The van der Waals surface area contributed by atoms with Crippen LogP contribution in [0.15, 0.2) is 36.5 Å². The topological polar surface area (TPSA) is 45.2 Å². The zero-order chi connectivity index (χ0) is 16.9. The summed E-state index contributed by atoms with van der Waals surface area (Å²) >= 11 is 0. The van der Waals surface area contributed by atoms with Gasteiger partial charge in [-0.2, -0.15) is 0 Å². The minimum absolute atomic E-state index is 0.0423. The van der Waals surface area contributed by atoms with E-state index in [0.717, 1.165) is 37.3 Å². The molecule has 0 saturated carbocycles. The normalized spacial score (nSPS) is 15.0. The van der Waals surface area contributed by atoms with Crippen molar-refractivity contribution >= 4 is 17.3 Å². The van der Waals surface area contributed by atoms with Gasteiger partial charge < -0.3 is 10.2 Å². The number of aromatic nitrogens is 1. The van der Waals surface area contributed by atoms with Gasteiger partial charge >= 0.3 is 0 Å². The van der Waals surface area contributed by atoms with Crippen molar-refractivity contribution in [2.24, 2.45) is 0 Å². The Balaban J connectivity index is 1.75. The summed E-state index contributed by atoms with van der Waals surface area (Å²) in [6.45, 7) is 5.88. The van der Waals surface area contributed by atoms with Crippen molar-refractivity contribution in [2.75, 3.05) is 18.4 Å². The van der Waals surface area contributed by atoms with E-state index in [1.54, 1.807) is 6.20 Å². The maximum absolute atomic E-state index is 12.7. The van der Waals surface area contributed by atoms with Crippen LogP contribution in [0.1, 0.15) is 47.3 Å². The van der Waals surface area contributed by atoms with Crippen molar-refractivity contribution in [2.45, 2.75) is 39.5 Å². The lowest BCUT2D eigenvalue weighted by Gasteiger charge is -2.20. The van der Waals surface area contributed by atoms with E-state index in [1.165, 1.54) is 24.0 Å². The van der Waals surface area contributed by atoms with Gasteiger partial charge in [-0.25, -0.2) is 0 Å². The minimum Gasteiger partial charge on any atom is -0.355 e. The molecule has 1 N–H and O–H groups in total. The third-order valence-corrected chi connectivity index (χ3v) is 4.67. The first kappa shape index (κ1) is 16.5. The quantitative estimate of drug-likeness (QED) is 0.907. The van der Waals surface area contributed by atoms with Gasteiger partial charge in [-0.1, -0.05) is 18.9 Å². The number of likely N-dealkylation sites (tertiary alicyclic amines) is 1. The molecule has 1 aromatic heterocycles. The zero-order valence-corrected chi connectivity index (χ0v) is 14.5. The third-order valence-electron chi connectivity index (χ3n) is 4.67. The maximum Gasteiger partial charge on any atom is 0.272 e. The second-order valence-electron chi connectivity index (χ2n) is 6.56. The third kappa shape index (κ3) is 3.94. The molecular weight excluding hydrogens is 298 g/mol. The number of aryl methyl sites for hydroxylation is 2. The smallest absolute Gasteiger partial charge is 0.272 e. The number of hydrogen-bond donors (Lipinski definition) is 1. The molecule has 0 atom stereocenters. The number of nitrogens with one attached hydrogen (secondary N) is 1. The molecule has 24 heavy (non-hydrogen) atoms. The molecule has 1 amide bonds. The van der Waals surface area contributed by atoms with Gasteiger partial charge in [0.1, 0.15) is 5.69 Å². The summed E-state index contributed by atoms with van der Waals surface area (Å²) in [6.07, 6.45) is 6.31. The van der Waals surface area contributed by atoms with Gasteiger partial charge in [0.15, 0.2) is 0 Å². The highest BCUT2D eigenvalue weighted by Crippen LogP contribution is 2.20. The molecule has 1 aliphatic heterocycles. The van der Waals surface area contributed by atoms with Gasteiger partial charge in [-0.3, -0.25) is 9.78 Å². The van der Waals surface area contributed by atoms with E-state index in [4.69, 9.17) is 0 Å². The van der Waals surface area contributed by atoms with Gasteiger partial charge in [0.25, 0.3) is 5.91 Å². The number of rotatable bonds is 3. The predicted molar refractivity (Wildman–Crippen MR) is 97.8 cm³/mol. The predicted octanol–water partition coefficient (Wildman–Crippen LogP) is 4.46. The molecule has 0 aliphatic carbocycles. The number of carbonyl (C=O) groups excluding carboxylic acids is 1. The SMILES string of the molecule is Cc1ccc(Nc2ccnc(C(=O)N3CCCCCC3)c2)cc1C. The molecule has 2 heterocycles. The molecule has 0 radical (unpaired) electrons. The molecule has 0 unspecified atom stereocenters. The van der Waals surface area contributed by atoms with E-state index < -0.39 is 0 Å². The lowest BCUT2D eigenvalue weighted by Crippen LogP contribution is -2.32. The number of benzene rings is 1. The van der Waals surface area contributed by atoms with Crippen LogP contribution < -0.4 is 5.32 Å². The summed E-state index contributed by atoms with van der Waals surface area (Å²) in [4.78, 5) is 18.9. The van der Waals surface area contributed by atoms with Crippen LogP contribution in [0, 0.1) is 13.8 Å². The lowest BCUT2D eigenvalue weighted by atomic mass is 10.1. The van der Waals surface area contributed by atoms with E-state index in [2.05, 4.69) is 42.3 Å². The van der Waals surface area contributed by atoms with E-state index in [1.807, 2.05) is 17.0 Å². The number of nitrogens with zero attached hydrogens (tertiary/aromatic N) is 2. The Bertz CT molecular complexity index is 719. The minimum atomic E-state index is 0.0423. The van der Waals surface area contributed by atoms with Crippen molar-refractivity contribution in [1.29, 1.82) is 0 Å². The van der Waals surface area contributed by atoms with E-state index >= 15 is 0 Å². The van der Waals surface area contributed by atoms with Gasteiger partial charge in [-0.15, -0.1) is 0 Å². The lowest BCUT2D eigenvalue weighted by molar-refractivity contribution is 0.0756. The van der Waals surface area contributed by atoms with Crippen LogP contribution in [0.5, 0.6) is 0 Å². The van der Waals surface area contributed by atoms with Crippen LogP contribution in [0.2, 0.25) is 0 Å².